The molecule has 0 radical (unpaired) electrons. The van der Waals surface area contributed by atoms with Crippen molar-refractivity contribution < 1.29 is 24.2 Å². The Morgan fingerprint density at radius 3 is 1.81 bits per heavy atom. The number of rotatable bonds is 10. The van der Waals surface area contributed by atoms with Gasteiger partial charge in [0.05, 0.1) is 0 Å². The summed E-state index contributed by atoms with van der Waals surface area (Å²) >= 11 is 0. The van der Waals surface area contributed by atoms with E-state index in [1.165, 1.54) is 0 Å². The van der Waals surface area contributed by atoms with Crippen molar-refractivity contribution >= 4 is 17.7 Å². The molecule has 3 amide bonds. The Kier molecular flexibility index (Phi) is 5.87. The van der Waals surface area contributed by atoms with Crippen LogP contribution in [-0.4, -0.2) is 34.0 Å². The summed E-state index contributed by atoms with van der Waals surface area (Å²) < 4.78 is 5.07. The van der Waals surface area contributed by atoms with Gasteiger partial charge in [0.25, 0.3) is 17.7 Å². The number of hydrogen-bond acceptors (Lipinski definition) is 5. The number of carbonyl (C=O) groups is 3. The highest BCUT2D eigenvalue weighted by Gasteiger charge is 2.60. The SMILES string of the molecule is C=CCC(O)(C(N)=O)C(CC=C)(OC(=C)C(N)=O)C(N)=O. The highest BCUT2D eigenvalue weighted by Crippen LogP contribution is 2.35. The van der Waals surface area contributed by atoms with Crippen LogP contribution in [0, 0.1) is 0 Å². The molecule has 2 unspecified atom stereocenters. The first kappa shape index (κ1) is 18.4. The lowest BCUT2D eigenvalue weighted by molar-refractivity contribution is -0.186. The van der Waals surface area contributed by atoms with Gasteiger partial charge in [-0.25, -0.2) is 0 Å². The lowest BCUT2D eigenvalue weighted by Crippen LogP contribution is -2.68. The number of hydrogen-bond donors (Lipinski definition) is 4. The van der Waals surface area contributed by atoms with E-state index in [1.54, 1.807) is 0 Å². The zero-order valence-corrected chi connectivity index (χ0v) is 11.5. The molecule has 0 bridgehead atoms. The number of primary amides is 3. The monoisotopic (exact) mass is 297 g/mol. The van der Waals surface area contributed by atoms with E-state index in [1.807, 2.05) is 0 Å². The summed E-state index contributed by atoms with van der Waals surface area (Å²) in [6.07, 6.45) is 1.44. The van der Waals surface area contributed by atoms with Gasteiger partial charge in [-0.15, -0.1) is 13.2 Å². The largest absolute Gasteiger partial charge is 0.468 e. The molecule has 0 aliphatic heterocycles. The average molecular weight is 297 g/mol. The Morgan fingerprint density at radius 2 is 1.52 bits per heavy atom. The molecule has 0 heterocycles. The van der Waals surface area contributed by atoms with Crippen molar-refractivity contribution in [2.45, 2.75) is 24.0 Å². The van der Waals surface area contributed by atoms with Crippen molar-refractivity contribution in [3.8, 4) is 0 Å². The van der Waals surface area contributed by atoms with Gasteiger partial charge in [-0.2, -0.15) is 0 Å². The highest BCUT2D eigenvalue weighted by molar-refractivity contribution is 5.97. The van der Waals surface area contributed by atoms with Crippen LogP contribution < -0.4 is 17.2 Å². The molecule has 0 fully saturated rings. The second-order valence-electron chi connectivity index (χ2n) is 4.29. The van der Waals surface area contributed by atoms with Crippen molar-refractivity contribution in [3.05, 3.63) is 37.6 Å². The van der Waals surface area contributed by atoms with Crippen molar-refractivity contribution in [3.63, 3.8) is 0 Å². The molecule has 0 saturated heterocycles. The van der Waals surface area contributed by atoms with Gasteiger partial charge in [0.1, 0.15) is 0 Å². The molecule has 0 aromatic heterocycles. The van der Waals surface area contributed by atoms with Crippen molar-refractivity contribution in [2.75, 3.05) is 0 Å². The molecule has 0 saturated carbocycles. The Morgan fingerprint density at radius 1 is 1.05 bits per heavy atom. The van der Waals surface area contributed by atoms with Gasteiger partial charge >= 0.3 is 0 Å². The van der Waals surface area contributed by atoms with E-state index in [9.17, 15) is 19.5 Å². The van der Waals surface area contributed by atoms with E-state index in [4.69, 9.17) is 21.9 Å². The summed E-state index contributed by atoms with van der Waals surface area (Å²) in [5.41, 5.74) is 10.4. The molecule has 8 heteroatoms. The van der Waals surface area contributed by atoms with Gasteiger partial charge in [0.2, 0.25) is 5.60 Å². The van der Waals surface area contributed by atoms with Gasteiger partial charge in [0.15, 0.2) is 11.4 Å². The van der Waals surface area contributed by atoms with Crippen LogP contribution >= 0.6 is 0 Å². The van der Waals surface area contributed by atoms with E-state index in [0.29, 0.717) is 0 Å². The maximum atomic E-state index is 11.8. The quantitative estimate of drug-likeness (QED) is 0.221. The first-order valence-electron chi connectivity index (χ1n) is 5.80. The molecule has 116 valence electrons. The number of carbonyl (C=O) groups excluding carboxylic acids is 3. The van der Waals surface area contributed by atoms with Gasteiger partial charge in [-0.1, -0.05) is 18.7 Å². The number of nitrogens with two attached hydrogens (primary N) is 3. The minimum Gasteiger partial charge on any atom is -0.468 e. The Hall–Kier alpha value is -2.61. The molecule has 0 aliphatic rings. The minimum atomic E-state index is -2.56. The normalized spacial score (nSPS) is 15.9. The summed E-state index contributed by atoms with van der Waals surface area (Å²) in [4.78, 5) is 34.6. The van der Waals surface area contributed by atoms with Crippen LogP contribution in [0.2, 0.25) is 0 Å². The van der Waals surface area contributed by atoms with Gasteiger partial charge in [0, 0.05) is 12.8 Å². The molecule has 7 N–H and O–H groups in total. The van der Waals surface area contributed by atoms with E-state index in [2.05, 4.69) is 19.7 Å². The van der Waals surface area contributed by atoms with E-state index in [-0.39, 0.29) is 0 Å². The third-order valence-electron chi connectivity index (χ3n) is 2.92. The standard InChI is InChI=1S/C13H19N3O5/c1-4-6-12(20,10(15)18)13(7-5-2,11(16)19)21-8(3)9(14)17/h4-5,20H,1-3,6-7H2,(H2,14,17)(H2,15,18)(H2,16,19). The zero-order chi connectivity index (χ0) is 16.8. The van der Waals surface area contributed by atoms with Crippen LogP contribution in [0.1, 0.15) is 12.8 Å². The second kappa shape index (κ2) is 6.71. The Labute approximate surface area is 121 Å². The predicted molar refractivity (Wildman–Crippen MR) is 75.1 cm³/mol. The predicted octanol–water partition coefficient (Wildman–Crippen LogP) is -1.41. The fourth-order valence-corrected chi connectivity index (χ4v) is 1.79. The maximum Gasteiger partial charge on any atom is 0.283 e. The molecule has 21 heavy (non-hydrogen) atoms. The fraction of sp³-hybridized carbons (Fsp3) is 0.308. The highest BCUT2D eigenvalue weighted by atomic mass is 16.5. The lowest BCUT2D eigenvalue weighted by atomic mass is 9.76. The topological polar surface area (TPSA) is 159 Å². The summed E-state index contributed by atoms with van der Waals surface area (Å²) in [6, 6.07) is 0. The summed E-state index contributed by atoms with van der Waals surface area (Å²) in [5, 5.41) is 10.5. The molecule has 0 aromatic carbocycles. The van der Waals surface area contributed by atoms with Gasteiger partial charge in [-0.05, 0) is 0 Å². The minimum absolute atomic E-state index is 0.415. The molecule has 0 spiro atoms. The van der Waals surface area contributed by atoms with Crippen molar-refractivity contribution in [1.29, 1.82) is 0 Å². The zero-order valence-electron chi connectivity index (χ0n) is 11.5. The van der Waals surface area contributed by atoms with Gasteiger partial charge < -0.3 is 27.0 Å². The van der Waals surface area contributed by atoms with Crippen LogP contribution in [0.5, 0.6) is 0 Å². The van der Waals surface area contributed by atoms with Crippen LogP contribution in [0.25, 0.3) is 0 Å². The molecular weight excluding hydrogens is 278 g/mol. The third-order valence-corrected chi connectivity index (χ3v) is 2.92. The maximum absolute atomic E-state index is 11.8. The second-order valence-corrected chi connectivity index (χ2v) is 4.29. The van der Waals surface area contributed by atoms with Crippen LogP contribution in [0.3, 0.4) is 0 Å². The molecule has 0 rings (SSSR count). The summed E-state index contributed by atoms with van der Waals surface area (Å²) in [5.74, 6) is -4.30. The molecule has 8 nitrogen and oxygen atoms in total. The van der Waals surface area contributed by atoms with Crippen LogP contribution in [0.4, 0.5) is 0 Å². The first-order valence-corrected chi connectivity index (χ1v) is 5.80. The summed E-state index contributed by atoms with van der Waals surface area (Å²) in [7, 11) is 0. The average Bonchev–Trinajstić information content (AvgIpc) is 2.37. The number of ether oxygens (including phenoxy) is 1. The molecule has 2 atom stereocenters. The number of amides is 3. The lowest BCUT2D eigenvalue weighted by Gasteiger charge is -2.41. The van der Waals surface area contributed by atoms with Crippen molar-refractivity contribution in [2.24, 2.45) is 17.2 Å². The fourth-order valence-electron chi connectivity index (χ4n) is 1.79. The molecule has 0 aromatic rings. The van der Waals surface area contributed by atoms with E-state index in [0.717, 1.165) is 12.2 Å². The van der Waals surface area contributed by atoms with Crippen LogP contribution in [0.15, 0.2) is 37.6 Å². The summed E-state index contributed by atoms with van der Waals surface area (Å²) in [6.45, 7) is 9.96. The van der Waals surface area contributed by atoms with Crippen molar-refractivity contribution in [1.82, 2.24) is 0 Å². The van der Waals surface area contributed by atoms with Gasteiger partial charge in [-0.3, -0.25) is 14.4 Å². The Balaban J connectivity index is 6.21. The number of aliphatic hydroxyl groups is 1. The first-order chi connectivity index (χ1) is 9.59. The molecule has 0 aliphatic carbocycles. The van der Waals surface area contributed by atoms with E-state index >= 15 is 0 Å². The smallest absolute Gasteiger partial charge is 0.283 e. The third kappa shape index (κ3) is 3.29. The van der Waals surface area contributed by atoms with E-state index < -0.39 is 47.5 Å². The van der Waals surface area contributed by atoms with Crippen LogP contribution in [-0.2, 0) is 19.1 Å². The molecular formula is C13H19N3O5. The Bertz CT molecular complexity index is 502.